The Morgan fingerprint density at radius 1 is 1.45 bits per heavy atom. The lowest BCUT2D eigenvalue weighted by atomic mass is 10.2. The summed E-state index contributed by atoms with van der Waals surface area (Å²) in [7, 11) is -0.546. The van der Waals surface area contributed by atoms with Gasteiger partial charge in [-0.3, -0.25) is 0 Å². The number of nitrogens with one attached hydrogen (secondary N) is 1. The van der Waals surface area contributed by atoms with Crippen LogP contribution in [0.15, 0.2) is 23.1 Å². The van der Waals surface area contributed by atoms with E-state index >= 15 is 0 Å². The molecular formula is C14H20N2O3S. The Labute approximate surface area is 121 Å². The first-order chi connectivity index (χ1) is 9.47. The van der Waals surface area contributed by atoms with E-state index in [9.17, 15) is 8.42 Å². The lowest BCUT2D eigenvalue weighted by Gasteiger charge is -2.16. The molecule has 0 saturated carbocycles. The van der Waals surface area contributed by atoms with Gasteiger partial charge in [-0.2, -0.15) is 4.31 Å². The van der Waals surface area contributed by atoms with Crippen LogP contribution in [0.4, 0.5) is 0 Å². The Hall–Kier alpha value is -1.55. The van der Waals surface area contributed by atoms with Crippen LogP contribution < -0.4 is 10.1 Å². The molecular weight excluding hydrogens is 276 g/mol. The van der Waals surface area contributed by atoms with E-state index in [4.69, 9.17) is 11.2 Å². The first-order valence-electron chi connectivity index (χ1n) is 6.24. The van der Waals surface area contributed by atoms with E-state index in [0.717, 1.165) is 16.4 Å². The predicted molar refractivity (Wildman–Crippen MR) is 79.0 cm³/mol. The third-order valence-electron chi connectivity index (χ3n) is 2.84. The molecule has 1 N–H and O–H groups in total. The van der Waals surface area contributed by atoms with E-state index in [1.165, 1.54) is 13.1 Å². The number of nitrogens with zero attached hydrogens (tertiary/aromatic N) is 1. The quantitative estimate of drug-likeness (QED) is 0.764. The molecule has 1 rings (SSSR count). The van der Waals surface area contributed by atoms with Crippen LogP contribution in [0, 0.1) is 12.3 Å². The molecule has 6 heteroatoms. The summed E-state index contributed by atoms with van der Waals surface area (Å²) < 4.78 is 31.0. The number of hydrogen-bond donors (Lipinski definition) is 1. The summed E-state index contributed by atoms with van der Waals surface area (Å²) in [5.74, 6) is 2.98. The van der Waals surface area contributed by atoms with Gasteiger partial charge in [0.2, 0.25) is 10.0 Å². The summed E-state index contributed by atoms with van der Waals surface area (Å²) in [5, 5.41) is 3.15. The van der Waals surface area contributed by atoms with Gasteiger partial charge in [-0.1, -0.05) is 12.8 Å². The molecule has 1 aromatic carbocycles. The lowest BCUT2D eigenvalue weighted by molar-refractivity contribution is 0.407. The van der Waals surface area contributed by atoms with Crippen LogP contribution in [-0.2, 0) is 16.6 Å². The molecule has 110 valence electrons. The van der Waals surface area contributed by atoms with Crippen molar-refractivity contribution in [2.75, 3.05) is 27.2 Å². The normalized spacial score (nSPS) is 11.3. The Kier molecular flexibility index (Phi) is 6.02. The molecule has 0 aliphatic heterocycles. The van der Waals surface area contributed by atoms with E-state index < -0.39 is 10.0 Å². The average Bonchev–Trinajstić information content (AvgIpc) is 2.44. The zero-order valence-corrected chi connectivity index (χ0v) is 12.8. The fraction of sp³-hybridized carbons (Fsp3) is 0.429. The highest BCUT2D eigenvalue weighted by Gasteiger charge is 2.21. The van der Waals surface area contributed by atoms with Crippen LogP contribution in [0.1, 0.15) is 12.5 Å². The minimum Gasteiger partial charge on any atom is -0.496 e. The van der Waals surface area contributed by atoms with Crippen LogP contribution >= 0.6 is 0 Å². The number of benzene rings is 1. The smallest absolute Gasteiger partial charge is 0.243 e. The van der Waals surface area contributed by atoms with Crippen molar-refractivity contribution in [2.24, 2.45) is 0 Å². The van der Waals surface area contributed by atoms with Crippen molar-refractivity contribution < 1.29 is 13.2 Å². The van der Waals surface area contributed by atoms with Gasteiger partial charge in [-0.25, -0.2) is 8.42 Å². The molecule has 0 radical (unpaired) electrons. The number of hydrogen-bond acceptors (Lipinski definition) is 4. The number of terminal acetylenes is 1. The summed E-state index contributed by atoms with van der Waals surface area (Å²) in [6, 6.07) is 4.80. The molecule has 0 fully saturated rings. The molecule has 0 unspecified atom stereocenters. The molecule has 0 heterocycles. The Bertz CT molecular complexity index is 591. The van der Waals surface area contributed by atoms with Crippen molar-refractivity contribution in [1.29, 1.82) is 0 Å². The maximum absolute atomic E-state index is 12.3. The zero-order chi connectivity index (χ0) is 15.2. The summed E-state index contributed by atoms with van der Waals surface area (Å²) in [4.78, 5) is 0.212. The van der Waals surface area contributed by atoms with Crippen molar-refractivity contribution in [3.63, 3.8) is 0 Å². The maximum Gasteiger partial charge on any atom is 0.243 e. The van der Waals surface area contributed by atoms with Crippen molar-refractivity contribution in [1.82, 2.24) is 9.62 Å². The van der Waals surface area contributed by atoms with Crippen molar-refractivity contribution >= 4 is 10.0 Å². The third kappa shape index (κ3) is 3.73. The maximum atomic E-state index is 12.3. The summed E-state index contributed by atoms with van der Waals surface area (Å²) in [5.41, 5.74) is 0.796. The Morgan fingerprint density at radius 3 is 2.70 bits per heavy atom. The molecule has 0 saturated heterocycles. The topological polar surface area (TPSA) is 58.6 Å². The number of methoxy groups -OCH3 is 1. The molecule has 5 nitrogen and oxygen atoms in total. The Morgan fingerprint density at radius 2 is 2.15 bits per heavy atom. The SMILES string of the molecule is C#CCN(C)S(=O)(=O)c1ccc(OC)c(CNCC)c1. The van der Waals surface area contributed by atoms with E-state index in [-0.39, 0.29) is 11.4 Å². The zero-order valence-electron chi connectivity index (χ0n) is 12.0. The van der Waals surface area contributed by atoms with Crippen molar-refractivity contribution in [2.45, 2.75) is 18.4 Å². The summed E-state index contributed by atoms with van der Waals surface area (Å²) in [6.07, 6.45) is 5.16. The second kappa shape index (κ2) is 7.29. The molecule has 20 heavy (non-hydrogen) atoms. The van der Waals surface area contributed by atoms with E-state index in [1.807, 2.05) is 6.92 Å². The second-order valence-electron chi connectivity index (χ2n) is 4.22. The minimum atomic E-state index is -3.57. The summed E-state index contributed by atoms with van der Waals surface area (Å²) in [6.45, 7) is 3.35. The van der Waals surface area contributed by atoms with Crippen LogP contribution in [0.5, 0.6) is 5.75 Å². The first-order valence-corrected chi connectivity index (χ1v) is 7.68. The van der Waals surface area contributed by atoms with Gasteiger partial charge < -0.3 is 10.1 Å². The van der Waals surface area contributed by atoms with Crippen molar-refractivity contribution in [3.05, 3.63) is 23.8 Å². The number of ether oxygens (including phenoxy) is 1. The van der Waals surface area contributed by atoms with Crippen LogP contribution in [0.2, 0.25) is 0 Å². The van der Waals surface area contributed by atoms with Gasteiger partial charge in [0.15, 0.2) is 0 Å². The molecule has 0 aliphatic rings. The number of rotatable bonds is 7. The monoisotopic (exact) mass is 296 g/mol. The van der Waals surface area contributed by atoms with Crippen molar-refractivity contribution in [3.8, 4) is 18.1 Å². The largest absolute Gasteiger partial charge is 0.496 e. The van der Waals surface area contributed by atoms with Crippen LogP contribution in [0.25, 0.3) is 0 Å². The van der Waals surface area contributed by atoms with E-state index in [2.05, 4.69) is 11.2 Å². The van der Waals surface area contributed by atoms with Gasteiger partial charge >= 0.3 is 0 Å². The highest BCUT2D eigenvalue weighted by Crippen LogP contribution is 2.24. The Balaban J connectivity index is 3.17. The van der Waals surface area contributed by atoms with Gasteiger partial charge in [-0.15, -0.1) is 6.42 Å². The fourth-order valence-corrected chi connectivity index (χ4v) is 2.84. The standard InChI is InChI=1S/C14H20N2O3S/c1-5-9-16(3)20(17,18)13-7-8-14(19-4)12(10-13)11-15-6-2/h1,7-8,10,15H,6,9,11H2,2-4H3. The first kappa shape index (κ1) is 16.5. The van der Waals surface area contributed by atoms with Crippen LogP contribution in [0.3, 0.4) is 0 Å². The third-order valence-corrected chi connectivity index (χ3v) is 4.64. The molecule has 0 atom stereocenters. The van der Waals surface area contributed by atoms with E-state index in [0.29, 0.717) is 12.3 Å². The molecule has 1 aromatic rings. The second-order valence-corrected chi connectivity index (χ2v) is 6.26. The molecule has 0 bridgehead atoms. The highest BCUT2D eigenvalue weighted by atomic mass is 32.2. The predicted octanol–water partition coefficient (Wildman–Crippen LogP) is 1.06. The van der Waals surface area contributed by atoms with Gasteiger partial charge in [-0.05, 0) is 24.7 Å². The molecule has 0 aromatic heterocycles. The molecule has 0 amide bonds. The molecule has 0 aliphatic carbocycles. The highest BCUT2D eigenvalue weighted by molar-refractivity contribution is 7.89. The summed E-state index contributed by atoms with van der Waals surface area (Å²) >= 11 is 0. The van der Waals surface area contributed by atoms with Crippen LogP contribution in [-0.4, -0.2) is 40.0 Å². The number of sulfonamides is 1. The van der Waals surface area contributed by atoms with Gasteiger partial charge in [0.1, 0.15) is 5.75 Å². The molecule has 0 spiro atoms. The van der Waals surface area contributed by atoms with E-state index in [1.54, 1.807) is 19.2 Å². The van der Waals surface area contributed by atoms with Gasteiger partial charge in [0.25, 0.3) is 0 Å². The van der Waals surface area contributed by atoms with Gasteiger partial charge in [0, 0.05) is 19.2 Å². The fourth-order valence-electron chi connectivity index (χ4n) is 1.71. The lowest BCUT2D eigenvalue weighted by Crippen LogP contribution is -2.27. The van der Waals surface area contributed by atoms with Gasteiger partial charge in [0.05, 0.1) is 18.6 Å². The minimum absolute atomic E-state index is 0.0386. The average molecular weight is 296 g/mol.